The minimum atomic E-state index is -3.46. The number of anilines is 1. The van der Waals surface area contributed by atoms with Gasteiger partial charge in [-0.25, -0.2) is 13.2 Å². The van der Waals surface area contributed by atoms with Gasteiger partial charge >= 0.3 is 5.97 Å². The molecular weight excluding hydrogens is 428 g/mol. The molecule has 1 N–H and O–H groups in total. The van der Waals surface area contributed by atoms with Crippen molar-refractivity contribution in [3.05, 3.63) is 40.8 Å². The van der Waals surface area contributed by atoms with E-state index < -0.39 is 16.0 Å². The van der Waals surface area contributed by atoms with Crippen molar-refractivity contribution in [2.45, 2.75) is 30.4 Å². The predicted octanol–water partition coefficient (Wildman–Crippen LogP) is 2.57. The molecule has 10 heteroatoms. The molecule has 0 spiro atoms. The predicted molar refractivity (Wildman–Crippen MR) is 113 cm³/mol. The van der Waals surface area contributed by atoms with E-state index in [1.54, 1.807) is 30.3 Å². The molecule has 2 aromatic rings. The van der Waals surface area contributed by atoms with Gasteiger partial charge < -0.3 is 14.8 Å². The SMILES string of the molecule is COC(=O)COc1ccc(NC(=O)Cc2ccc(S(=O)(=O)N3CCCC3)s2)c(C)c1. The van der Waals surface area contributed by atoms with Crippen LogP contribution in [-0.4, -0.2) is 51.4 Å². The van der Waals surface area contributed by atoms with Crippen LogP contribution in [0.25, 0.3) is 0 Å². The van der Waals surface area contributed by atoms with Crippen molar-refractivity contribution in [1.82, 2.24) is 4.31 Å². The maximum Gasteiger partial charge on any atom is 0.343 e. The number of hydrogen-bond donors (Lipinski definition) is 1. The number of sulfonamides is 1. The summed E-state index contributed by atoms with van der Waals surface area (Å²) in [6, 6.07) is 8.31. The molecule has 0 radical (unpaired) electrons. The largest absolute Gasteiger partial charge is 0.482 e. The summed E-state index contributed by atoms with van der Waals surface area (Å²) in [5.41, 5.74) is 1.39. The number of nitrogens with zero attached hydrogens (tertiary/aromatic N) is 1. The van der Waals surface area contributed by atoms with Crippen LogP contribution in [0, 0.1) is 6.92 Å². The van der Waals surface area contributed by atoms with Crippen molar-refractivity contribution >= 4 is 38.9 Å². The molecule has 8 nitrogen and oxygen atoms in total. The molecule has 1 fully saturated rings. The summed E-state index contributed by atoms with van der Waals surface area (Å²) >= 11 is 1.13. The number of rotatable bonds is 8. The minimum absolute atomic E-state index is 0.0836. The number of esters is 1. The number of nitrogens with one attached hydrogen (secondary N) is 1. The third-order valence-corrected chi connectivity index (χ3v) is 8.14. The molecule has 1 aliphatic heterocycles. The number of thiophene rings is 1. The number of carbonyl (C=O) groups excluding carboxylic acids is 2. The van der Waals surface area contributed by atoms with Gasteiger partial charge in [0.2, 0.25) is 5.91 Å². The van der Waals surface area contributed by atoms with Gasteiger partial charge in [-0.15, -0.1) is 11.3 Å². The standard InChI is InChI=1S/C20H24N2O6S2/c1-14-11-15(28-13-19(24)27-2)5-7-17(14)21-18(23)12-16-6-8-20(29-16)30(25,26)22-9-3-4-10-22/h5-8,11H,3-4,9-10,12-13H2,1-2H3,(H,21,23). The van der Waals surface area contributed by atoms with Crippen molar-refractivity contribution in [1.29, 1.82) is 0 Å². The van der Waals surface area contributed by atoms with Crippen molar-refractivity contribution in [3.63, 3.8) is 0 Å². The second-order valence-electron chi connectivity index (χ2n) is 6.90. The topological polar surface area (TPSA) is 102 Å². The van der Waals surface area contributed by atoms with E-state index in [9.17, 15) is 18.0 Å². The van der Waals surface area contributed by atoms with E-state index in [0.29, 0.717) is 29.4 Å². The molecule has 1 aromatic carbocycles. The monoisotopic (exact) mass is 452 g/mol. The second kappa shape index (κ2) is 9.59. The lowest BCUT2D eigenvalue weighted by Crippen LogP contribution is -2.27. The number of amides is 1. The van der Waals surface area contributed by atoms with E-state index >= 15 is 0 Å². The van der Waals surface area contributed by atoms with Crippen LogP contribution >= 0.6 is 11.3 Å². The molecule has 30 heavy (non-hydrogen) atoms. The van der Waals surface area contributed by atoms with Gasteiger partial charge in [0.15, 0.2) is 6.61 Å². The van der Waals surface area contributed by atoms with E-state index in [2.05, 4.69) is 10.1 Å². The van der Waals surface area contributed by atoms with E-state index in [-0.39, 0.29) is 23.1 Å². The molecule has 1 aromatic heterocycles. The molecule has 1 amide bonds. The number of ether oxygens (including phenoxy) is 2. The Hall–Kier alpha value is -2.43. The first-order valence-electron chi connectivity index (χ1n) is 9.48. The average Bonchev–Trinajstić information content (AvgIpc) is 3.40. The quantitative estimate of drug-likeness (QED) is 0.618. The van der Waals surface area contributed by atoms with Gasteiger partial charge in [0, 0.05) is 23.7 Å². The Kier molecular flexibility index (Phi) is 7.11. The van der Waals surface area contributed by atoms with Gasteiger partial charge in [-0.1, -0.05) is 0 Å². The average molecular weight is 453 g/mol. The van der Waals surface area contributed by atoms with Crippen LogP contribution in [0.4, 0.5) is 5.69 Å². The highest BCUT2D eigenvalue weighted by atomic mass is 32.2. The Morgan fingerprint density at radius 2 is 1.90 bits per heavy atom. The lowest BCUT2D eigenvalue weighted by molar-refractivity contribution is -0.142. The number of hydrogen-bond acceptors (Lipinski definition) is 7. The third kappa shape index (κ3) is 5.38. The molecule has 162 valence electrons. The van der Waals surface area contributed by atoms with Gasteiger partial charge in [-0.2, -0.15) is 4.31 Å². The summed E-state index contributed by atoms with van der Waals surface area (Å²) in [6.45, 7) is 2.72. The van der Waals surface area contributed by atoms with Crippen LogP contribution in [0.15, 0.2) is 34.5 Å². The van der Waals surface area contributed by atoms with Crippen molar-refractivity contribution in [3.8, 4) is 5.75 Å². The molecule has 0 unspecified atom stereocenters. The van der Waals surface area contributed by atoms with E-state index in [4.69, 9.17) is 4.74 Å². The van der Waals surface area contributed by atoms with Crippen molar-refractivity contribution in [2.24, 2.45) is 0 Å². The highest BCUT2D eigenvalue weighted by Crippen LogP contribution is 2.28. The summed E-state index contributed by atoms with van der Waals surface area (Å²) in [5.74, 6) is -0.230. The summed E-state index contributed by atoms with van der Waals surface area (Å²) < 4.78 is 36.8. The van der Waals surface area contributed by atoms with Gasteiger partial charge in [0.1, 0.15) is 9.96 Å². The number of aryl methyl sites for hydroxylation is 1. The molecule has 0 atom stereocenters. The molecule has 0 aliphatic carbocycles. The number of benzene rings is 1. The zero-order valence-electron chi connectivity index (χ0n) is 16.8. The fraction of sp³-hybridized carbons (Fsp3) is 0.400. The molecular formula is C20H24N2O6S2. The van der Waals surface area contributed by atoms with Crippen LogP contribution in [0.5, 0.6) is 5.75 Å². The normalized spacial score (nSPS) is 14.5. The van der Waals surface area contributed by atoms with Crippen LogP contribution in [0.2, 0.25) is 0 Å². The maximum absolute atomic E-state index is 12.6. The Balaban J connectivity index is 1.59. The molecule has 0 bridgehead atoms. The van der Waals surface area contributed by atoms with Crippen LogP contribution < -0.4 is 10.1 Å². The molecule has 1 saturated heterocycles. The number of carbonyl (C=O) groups is 2. The summed E-state index contributed by atoms with van der Waals surface area (Å²) in [6.07, 6.45) is 1.84. The van der Waals surface area contributed by atoms with Crippen molar-refractivity contribution in [2.75, 3.05) is 32.1 Å². The zero-order chi connectivity index (χ0) is 21.7. The smallest absolute Gasteiger partial charge is 0.343 e. The van der Waals surface area contributed by atoms with Gasteiger partial charge in [0.05, 0.1) is 13.5 Å². The van der Waals surface area contributed by atoms with Crippen LogP contribution in [-0.2, 0) is 30.8 Å². The minimum Gasteiger partial charge on any atom is -0.482 e. The molecule has 0 saturated carbocycles. The lowest BCUT2D eigenvalue weighted by Gasteiger charge is -2.13. The van der Waals surface area contributed by atoms with Gasteiger partial charge in [-0.05, 0) is 55.7 Å². The van der Waals surface area contributed by atoms with E-state index in [0.717, 1.165) is 29.7 Å². The fourth-order valence-electron chi connectivity index (χ4n) is 3.07. The third-order valence-electron chi connectivity index (χ3n) is 4.69. The Morgan fingerprint density at radius 1 is 1.17 bits per heavy atom. The fourth-order valence-corrected chi connectivity index (χ4v) is 6.09. The lowest BCUT2D eigenvalue weighted by atomic mass is 10.2. The first kappa shape index (κ1) is 22.3. The summed E-state index contributed by atoms with van der Waals surface area (Å²) in [4.78, 5) is 24.3. The highest BCUT2D eigenvalue weighted by Gasteiger charge is 2.28. The first-order chi connectivity index (χ1) is 14.3. The summed E-state index contributed by atoms with van der Waals surface area (Å²) in [5, 5.41) is 2.83. The van der Waals surface area contributed by atoms with E-state index in [1.807, 2.05) is 6.92 Å². The second-order valence-corrected chi connectivity index (χ2v) is 10.2. The number of methoxy groups -OCH3 is 1. The van der Waals surface area contributed by atoms with Crippen LogP contribution in [0.3, 0.4) is 0 Å². The van der Waals surface area contributed by atoms with Crippen LogP contribution in [0.1, 0.15) is 23.3 Å². The Bertz CT molecular complexity index is 1030. The van der Waals surface area contributed by atoms with E-state index in [1.165, 1.54) is 11.4 Å². The van der Waals surface area contributed by atoms with Gasteiger partial charge in [0.25, 0.3) is 10.0 Å². The molecule has 3 rings (SSSR count). The van der Waals surface area contributed by atoms with Gasteiger partial charge in [-0.3, -0.25) is 4.79 Å². The first-order valence-corrected chi connectivity index (χ1v) is 11.7. The van der Waals surface area contributed by atoms with Crippen molar-refractivity contribution < 1.29 is 27.5 Å². The Labute approximate surface area is 179 Å². The highest BCUT2D eigenvalue weighted by molar-refractivity contribution is 7.91. The summed E-state index contributed by atoms with van der Waals surface area (Å²) in [7, 11) is -2.18. The maximum atomic E-state index is 12.6. The molecule has 2 heterocycles. The Morgan fingerprint density at radius 3 is 2.57 bits per heavy atom. The zero-order valence-corrected chi connectivity index (χ0v) is 18.5. The molecule has 1 aliphatic rings.